The second-order valence-corrected chi connectivity index (χ2v) is 5.82. The topological polar surface area (TPSA) is 115 Å². The molecule has 0 aromatic heterocycles. The van der Waals surface area contributed by atoms with Crippen LogP contribution in [0.2, 0.25) is 5.31 Å². The molecule has 1 saturated carbocycles. The Morgan fingerprint density at radius 2 is 1.50 bits per heavy atom. The van der Waals surface area contributed by atoms with Crippen molar-refractivity contribution in [3.05, 3.63) is 11.6 Å². The molecular weight excluding hydrogens is 263 g/mol. The summed E-state index contributed by atoms with van der Waals surface area (Å²) >= 11 is 0. The van der Waals surface area contributed by atoms with Gasteiger partial charge in [0.15, 0.2) is 11.6 Å². The minimum absolute atomic E-state index is 0.0430. The predicted molar refractivity (Wildman–Crippen MR) is 72.7 cm³/mol. The number of Topliss-reactive ketones (excluding diaryl/α,β-unsaturated/α-hetero) is 2. The van der Waals surface area contributed by atoms with E-state index in [-0.39, 0.29) is 17.4 Å². The van der Waals surface area contributed by atoms with E-state index in [1.807, 2.05) is 13.8 Å². The molecule has 0 aromatic rings. The zero-order valence-electron chi connectivity index (χ0n) is 12.1. The molecule has 0 saturated heterocycles. The summed E-state index contributed by atoms with van der Waals surface area (Å²) in [6.45, 7) is 7.04. The van der Waals surface area contributed by atoms with Crippen molar-refractivity contribution in [1.82, 2.24) is 0 Å². The van der Waals surface area contributed by atoms with Gasteiger partial charge in [-0.3, -0.25) is 9.59 Å². The molecule has 2 unspecified atom stereocenters. The number of hydrogen-bond acceptors (Lipinski definition) is 6. The Morgan fingerprint density at radius 1 is 1.10 bits per heavy atom. The molecule has 0 amide bonds. The molecule has 0 radical (unpaired) electrons. The number of carbonyl (C=O) groups is 2. The third-order valence-corrected chi connectivity index (χ3v) is 3.59. The quantitative estimate of drug-likeness (QED) is 0.308. The van der Waals surface area contributed by atoms with Crippen LogP contribution in [0, 0.1) is 11.8 Å². The summed E-state index contributed by atoms with van der Waals surface area (Å²) in [5.74, 6) is -2.50. The van der Waals surface area contributed by atoms with E-state index < -0.39 is 36.2 Å². The Bertz CT molecular complexity index is 420. The van der Waals surface area contributed by atoms with Gasteiger partial charge in [0.1, 0.15) is 17.5 Å². The van der Waals surface area contributed by atoms with Crippen LogP contribution >= 0.6 is 0 Å². The first-order valence-corrected chi connectivity index (χ1v) is 6.61. The molecule has 0 aliphatic heterocycles. The first-order valence-electron chi connectivity index (χ1n) is 6.61. The third-order valence-electron chi connectivity index (χ3n) is 3.59. The maximum Gasteiger partial charge on any atom is 0.478 e. The predicted octanol–water partition coefficient (Wildman–Crippen LogP) is -0.688. The van der Waals surface area contributed by atoms with Crippen molar-refractivity contribution in [2.24, 2.45) is 11.8 Å². The third kappa shape index (κ3) is 2.35. The monoisotopic (exact) mass is 284 g/mol. The normalized spacial score (nSPS) is 31.6. The van der Waals surface area contributed by atoms with Crippen LogP contribution in [0.4, 0.5) is 0 Å². The van der Waals surface area contributed by atoms with Crippen molar-refractivity contribution < 1.29 is 29.9 Å². The maximum atomic E-state index is 12.2. The van der Waals surface area contributed by atoms with Crippen LogP contribution in [-0.2, 0) is 9.59 Å². The lowest BCUT2D eigenvalue weighted by Gasteiger charge is -2.31. The standard InChI is InChI=1S/C13H21BO6/c1-6(2)5-8(7(3)4)13(14(19)20)11(17)9(15)10(16)12(13)18/h5-7,9-10,15-16,19-20H,1-4H3. The van der Waals surface area contributed by atoms with Crippen LogP contribution in [-0.4, -0.2) is 51.2 Å². The molecule has 4 N–H and O–H groups in total. The molecule has 7 heteroatoms. The fourth-order valence-electron chi connectivity index (χ4n) is 2.70. The van der Waals surface area contributed by atoms with Crippen molar-refractivity contribution >= 4 is 18.7 Å². The number of aliphatic hydroxyl groups excluding tert-OH is 2. The summed E-state index contributed by atoms with van der Waals surface area (Å²) in [5, 5.41) is 36.3. The molecular formula is C13H21BO6. The Labute approximate surface area is 118 Å². The average Bonchev–Trinajstić information content (AvgIpc) is 2.49. The van der Waals surface area contributed by atoms with E-state index in [1.54, 1.807) is 19.9 Å². The number of carbonyl (C=O) groups excluding carboxylic acids is 2. The summed E-state index contributed by atoms with van der Waals surface area (Å²) in [6.07, 6.45) is -2.26. The Morgan fingerprint density at radius 3 is 1.75 bits per heavy atom. The Kier molecular flexibility index (Phi) is 4.92. The van der Waals surface area contributed by atoms with E-state index in [1.165, 1.54) is 0 Å². The van der Waals surface area contributed by atoms with Gasteiger partial charge in [-0.15, -0.1) is 0 Å². The van der Waals surface area contributed by atoms with Gasteiger partial charge in [-0.05, 0) is 11.8 Å². The van der Waals surface area contributed by atoms with E-state index in [0.29, 0.717) is 0 Å². The van der Waals surface area contributed by atoms with Crippen LogP contribution < -0.4 is 0 Å². The first kappa shape index (κ1) is 17.0. The molecule has 0 bridgehead atoms. The summed E-state index contributed by atoms with van der Waals surface area (Å²) in [5.41, 5.74) is 0.216. The van der Waals surface area contributed by atoms with Crippen molar-refractivity contribution in [3.8, 4) is 0 Å². The van der Waals surface area contributed by atoms with Gasteiger partial charge in [0, 0.05) is 0 Å². The van der Waals surface area contributed by atoms with Crippen molar-refractivity contribution in [2.75, 3.05) is 0 Å². The van der Waals surface area contributed by atoms with Crippen LogP contribution in [0.3, 0.4) is 0 Å². The number of aliphatic hydroxyl groups is 2. The number of ketones is 2. The van der Waals surface area contributed by atoms with Gasteiger partial charge in [-0.25, -0.2) is 0 Å². The molecule has 6 nitrogen and oxygen atoms in total. The number of hydrogen-bond donors (Lipinski definition) is 4. The second-order valence-electron chi connectivity index (χ2n) is 5.82. The van der Waals surface area contributed by atoms with Gasteiger partial charge in [0.25, 0.3) is 0 Å². The van der Waals surface area contributed by atoms with Crippen molar-refractivity contribution in [2.45, 2.75) is 45.2 Å². The molecule has 20 heavy (non-hydrogen) atoms. The SMILES string of the molecule is CC(C)C=C(C(C)C)C1(B(O)O)C(=O)C(O)C(O)C1=O. The summed E-state index contributed by atoms with van der Waals surface area (Å²) in [7, 11) is -2.30. The lowest BCUT2D eigenvalue weighted by molar-refractivity contribution is -0.129. The molecule has 2 atom stereocenters. The molecule has 1 fully saturated rings. The van der Waals surface area contributed by atoms with E-state index in [9.17, 15) is 29.9 Å². The van der Waals surface area contributed by atoms with Crippen LogP contribution in [0.25, 0.3) is 0 Å². The number of allylic oxidation sites excluding steroid dienone is 2. The van der Waals surface area contributed by atoms with Gasteiger partial charge in [0.2, 0.25) is 0 Å². The van der Waals surface area contributed by atoms with E-state index in [0.717, 1.165) is 0 Å². The van der Waals surface area contributed by atoms with Gasteiger partial charge < -0.3 is 20.3 Å². The second kappa shape index (κ2) is 5.77. The van der Waals surface area contributed by atoms with E-state index in [2.05, 4.69) is 0 Å². The first-order chi connectivity index (χ1) is 9.08. The van der Waals surface area contributed by atoms with Gasteiger partial charge >= 0.3 is 7.12 Å². The van der Waals surface area contributed by atoms with E-state index in [4.69, 9.17) is 0 Å². The molecule has 112 valence electrons. The average molecular weight is 284 g/mol. The fourth-order valence-corrected chi connectivity index (χ4v) is 2.70. The molecule has 0 spiro atoms. The minimum atomic E-state index is -2.30. The Balaban J connectivity index is 3.58. The van der Waals surface area contributed by atoms with Gasteiger partial charge in [-0.2, -0.15) is 0 Å². The highest BCUT2D eigenvalue weighted by Crippen LogP contribution is 2.49. The van der Waals surface area contributed by atoms with Crippen molar-refractivity contribution in [3.63, 3.8) is 0 Å². The minimum Gasteiger partial charge on any atom is -0.426 e. The number of rotatable bonds is 4. The highest BCUT2D eigenvalue weighted by molar-refractivity contribution is 6.64. The highest BCUT2D eigenvalue weighted by Gasteiger charge is 2.67. The van der Waals surface area contributed by atoms with Gasteiger partial charge in [-0.1, -0.05) is 39.3 Å². The summed E-state index contributed by atoms with van der Waals surface area (Å²) in [4.78, 5) is 24.5. The zero-order chi connectivity index (χ0) is 15.8. The van der Waals surface area contributed by atoms with Crippen LogP contribution in [0.15, 0.2) is 11.6 Å². The Hall–Kier alpha value is -1.02. The lowest BCUT2D eigenvalue weighted by Crippen LogP contribution is -2.46. The summed E-state index contributed by atoms with van der Waals surface area (Å²) < 4.78 is 0. The molecule has 1 rings (SSSR count). The van der Waals surface area contributed by atoms with Crippen LogP contribution in [0.1, 0.15) is 27.7 Å². The molecule has 1 aliphatic rings. The summed E-state index contributed by atoms with van der Waals surface area (Å²) in [6, 6.07) is 0. The van der Waals surface area contributed by atoms with Crippen molar-refractivity contribution in [1.29, 1.82) is 0 Å². The smallest absolute Gasteiger partial charge is 0.426 e. The van der Waals surface area contributed by atoms with E-state index >= 15 is 0 Å². The lowest BCUT2D eigenvalue weighted by atomic mass is 9.49. The molecule has 0 heterocycles. The molecule has 1 aliphatic carbocycles. The van der Waals surface area contributed by atoms with Gasteiger partial charge in [0.05, 0.1) is 0 Å². The fraction of sp³-hybridized carbons (Fsp3) is 0.692. The molecule has 0 aromatic carbocycles. The highest BCUT2D eigenvalue weighted by atomic mass is 16.4. The zero-order valence-corrected chi connectivity index (χ0v) is 12.1. The van der Waals surface area contributed by atoms with Crippen LogP contribution in [0.5, 0.6) is 0 Å². The maximum absolute atomic E-state index is 12.2. The largest absolute Gasteiger partial charge is 0.478 e.